The van der Waals surface area contributed by atoms with Crippen molar-refractivity contribution in [3.8, 4) is 5.75 Å². The summed E-state index contributed by atoms with van der Waals surface area (Å²) in [5.41, 5.74) is 4.58. The second kappa shape index (κ2) is 5.61. The van der Waals surface area contributed by atoms with E-state index >= 15 is 0 Å². The van der Waals surface area contributed by atoms with E-state index in [-0.39, 0.29) is 5.41 Å². The standard InChI is InChI=1S/C23H31NO/c1-15-10-16(2)22-21-11-18-6-7-19(25)12-20(18)23(22,13-15)8-9-24(21)14-17-4-3-5-17/h6-7,12,16-17,21-22,25H,1,3-5,8-11,13-14H2,2H3/t16-,21-,22+,23+/m1/s1. The van der Waals surface area contributed by atoms with Gasteiger partial charge in [-0.15, -0.1) is 0 Å². The van der Waals surface area contributed by atoms with Crippen molar-refractivity contribution in [1.82, 2.24) is 4.90 Å². The van der Waals surface area contributed by atoms with Gasteiger partial charge in [-0.1, -0.05) is 31.6 Å². The number of allylic oxidation sites excluding steroid dienone is 1. The molecule has 4 atom stereocenters. The first kappa shape index (κ1) is 15.9. The summed E-state index contributed by atoms with van der Waals surface area (Å²) in [6, 6.07) is 6.87. The van der Waals surface area contributed by atoms with Gasteiger partial charge in [0.25, 0.3) is 0 Å². The SMILES string of the molecule is C=C1C[C@@H](C)[C@H]2[C@H]3Cc4ccc(O)cc4[C@]2(CCN3CC2CCC2)C1. The molecule has 0 spiro atoms. The van der Waals surface area contributed by atoms with Crippen molar-refractivity contribution in [3.63, 3.8) is 0 Å². The highest BCUT2D eigenvalue weighted by Crippen LogP contribution is 2.59. The van der Waals surface area contributed by atoms with Crippen LogP contribution < -0.4 is 0 Å². The molecule has 5 rings (SSSR count). The molecule has 25 heavy (non-hydrogen) atoms. The van der Waals surface area contributed by atoms with Gasteiger partial charge >= 0.3 is 0 Å². The van der Waals surface area contributed by atoms with Crippen LogP contribution in [-0.2, 0) is 11.8 Å². The van der Waals surface area contributed by atoms with Crippen LogP contribution in [0.2, 0.25) is 0 Å². The smallest absolute Gasteiger partial charge is 0.115 e. The molecule has 0 aromatic heterocycles. The van der Waals surface area contributed by atoms with Crippen molar-refractivity contribution in [2.45, 2.75) is 63.3 Å². The minimum Gasteiger partial charge on any atom is -0.508 e. The Balaban J connectivity index is 1.59. The van der Waals surface area contributed by atoms with Crippen molar-refractivity contribution in [1.29, 1.82) is 0 Å². The van der Waals surface area contributed by atoms with E-state index < -0.39 is 0 Å². The third-order valence-electron chi connectivity index (χ3n) is 7.93. The second-order valence-corrected chi connectivity index (χ2v) is 9.44. The van der Waals surface area contributed by atoms with Crippen LogP contribution in [0.25, 0.3) is 0 Å². The minimum absolute atomic E-state index is 0.224. The number of piperidine rings is 1. The fourth-order valence-electron chi connectivity index (χ4n) is 6.83. The van der Waals surface area contributed by atoms with Gasteiger partial charge in [-0.05, 0) is 86.1 Å². The van der Waals surface area contributed by atoms with Crippen molar-refractivity contribution in [2.24, 2.45) is 17.8 Å². The van der Waals surface area contributed by atoms with Gasteiger partial charge in [0.05, 0.1) is 0 Å². The van der Waals surface area contributed by atoms with Crippen LogP contribution in [0.15, 0.2) is 30.4 Å². The zero-order chi connectivity index (χ0) is 17.2. The van der Waals surface area contributed by atoms with E-state index in [1.807, 2.05) is 6.07 Å². The number of aromatic hydroxyl groups is 1. The van der Waals surface area contributed by atoms with Crippen molar-refractivity contribution in [2.75, 3.05) is 13.1 Å². The van der Waals surface area contributed by atoms with Gasteiger partial charge in [-0.3, -0.25) is 4.90 Å². The number of benzene rings is 1. The fraction of sp³-hybridized carbons (Fsp3) is 0.652. The third kappa shape index (κ3) is 2.33. The zero-order valence-electron chi connectivity index (χ0n) is 15.5. The van der Waals surface area contributed by atoms with Crippen molar-refractivity contribution in [3.05, 3.63) is 41.5 Å². The second-order valence-electron chi connectivity index (χ2n) is 9.44. The topological polar surface area (TPSA) is 23.5 Å². The van der Waals surface area contributed by atoms with E-state index in [0.717, 1.165) is 18.3 Å². The summed E-state index contributed by atoms with van der Waals surface area (Å²) >= 11 is 0. The molecule has 1 heterocycles. The summed E-state index contributed by atoms with van der Waals surface area (Å²) in [6.07, 6.45) is 9.05. The molecule has 0 radical (unpaired) electrons. The largest absolute Gasteiger partial charge is 0.508 e. The number of hydrogen-bond acceptors (Lipinski definition) is 2. The highest BCUT2D eigenvalue weighted by molar-refractivity contribution is 5.46. The Hall–Kier alpha value is -1.28. The first-order valence-electron chi connectivity index (χ1n) is 10.3. The molecular weight excluding hydrogens is 306 g/mol. The summed E-state index contributed by atoms with van der Waals surface area (Å²) in [6.45, 7) is 9.41. The summed E-state index contributed by atoms with van der Waals surface area (Å²) in [5.74, 6) is 2.81. The third-order valence-corrected chi connectivity index (χ3v) is 7.93. The van der Waals surface area contributed by atoms with Crippen LogP contribution in [0.4, 0.5) is 0 Å². The Morgan fingerprint density at radius 2 is 2.12 bits per heavy atom. The van der Waals surface area contributed by atoms with Crippen molar-refractivity contribution >= 4 is 0 Å². The normalized spacial score (nSPS) is 38.0. The van der Waals surface area contributed by atoms with Crippen LogP contribution in [0.5, 0.6) is 5.75 Å². The molecule has 2 heteroatoms. The first-order valence-corrected chi connectivity index (χ1v) is 10.3. The van der Waals surface area contributed by atoms with E-state index in [9.17, 15) is 5.11 Å². The van der Waals surface area contributed by atoms with Gasteiger partial charge in [0.2, 0.25) is 0 Å². The number of phenolic OH excluding ortho intramolecular Hbond substituents is 1. The maximum Gasteiger partial charge on any atom is 0.115 e. The van der Waals surface area contributed by atoms with Crippen LogP contribution >= 0.6 is 0 Å². The van der Waals surface area contributed by atoms with Gasteiger partial charge in [0.1, 0.15) is 5.75 Å². The molecule has 0 amide bonds. The lowest BCUT2D eigenvalue weighted by Gasteiger charge is -2.62. The fourth-order valence-corrected chi connectivity index (χ4v) is 6.83. The van der Waals surface area contributed by atoms with Gasteiger partial charge in [0, 0.05) is 18.0 Å². The number of rotatable bonds is 2. The minimum atomic E-state index is 0.224. The van der Waals surface area contributed by atoms with E-state index in [2.05, 4.69) is 30.5 Å². The Bertz CT molecular complexity index is 706. The quantitative estimate of drug-likeness (QED) is 0.793. The summed E-state index contributed by atoms with van der Waals surface area (Å²) in [5, 5.41) is 10.2. The van der Waals surface area contributed by atoms with E-state index in [1.54, 1.807) is 0 Å². The Morgan fingerprint density at radius 3 is 2.88 bits per heavy atom. The molecule has 2 bridgehead atoms. The molecule has 2 saturated carbocycles. The highest BCUT2D eigenvalue weighted by Gasteiger charge is 2.56. The molecule has 2 nitrogen and oxygen atoms in total. The van der Waals surface area contributed by atoms with Gasteiger partial charge in [0.15, 0.2) is 0 Å². The molecular formula is C23H31NO. The molecule has 3 aliphatic carbocycles. The van der Waals surface area contributed by atoms with Crippen LogP contribution in [0, 0.1) is 17.8 Å². The zero-order valence-corrected chi connectivity index (χ0v) is 15.5. The first-order chi connectivity index (χ1) is 12.1. The summed E-state index contributed by atoms with van der Waals surface area (Å²) in [4.78, 5) is 2.85. The number of fused-ring (bicyclic) bond motifs is 1. The average Bonchev–Trinajstić information content (AvgIpc) is 2.52. The monoisotopic (exact) mass is 337 g/mol. The number of phenols is 1. The van der Waals surface area contributed by atoms with Gasteiger partial charge < -0.3 is 5.11 Å². The molecule has 1 aromatic rings. The summed E-state index contributed by atoms with van der Waals surface area (Å²) in [7, 11) is 0. The van der Waals surface area contributed by atoms with Gasteiger partial charge in [-0.2, -0.15) is 0 Å². The van der Waals surface area contributed by atoms with E-state index in [4.69, 9.17) is 0 Å². The van der Waals surface area contributed by atoms with Gasteiger partial charge in [-0.25, -0.2) is 0 Å². The van der Waals surface area contributed by atoms with Crippen molar-refractivity contribution < 1.29 is 5.11 Å². The molecule has 134 valence electrons. The molecule has 1 aromatic carbocycles. The number of nitrogens with zero attached hydrogens (tertiary/aromatic N) is 1. The number of likely N-dealkylation sites (tertiary alicyclic amines) is 1. The Labute approximate surface area is 151 Å². The lowest BCUT2D eigenvalue weighted by atomic mass is 9.49. The lowest BCUT2D eigenvalue weighted by Crippen LogP contribution is -2.63. The number of hydrogen-bond donors (Lipinski definition) is 1. The molecule has 1 N–H and O–H groups in total. The molecule has 1 aliphatic heterocycles. The molecule has 1 saturated heterocycles. The lowest BCUT2D eigenvalue weighted by molar-refractivity contribution is -0.0376. The van der Waals surface area contributed by atoms with E-state index in [1.165, 1.54) is 68.3 Å². The molecule has 4 aliphatic rings. The maximum atomic E-state index is 10.2. The Morgan fingerprint density at radius 1 is 1.28 bits per heavy atom. The van der Waals surface area contributed by atoms with Crippen LogP contribution in [0.3, 0.4) is 0 Å². The van der Waals surface area contributed by atoms with Crippen LogP contribution in [-0.4, -0.2) is 29.1 Å². The molecule has 3 fully saturated rings. The average molecular weight is 338 g/mol. The highest BCUT2D eigenvalue weighted by atomic mass is 16.3. The Kier molecular flexibility index (Phi) is 3.57. The molecule has 0 unspecified atom stereocenters. The van der Waals surface area contributed by atoms with E-state index in [0.29, 0.717) is 17.7 Å². The maximum absolute atomic E-state index is 10.2. The van der Waals surface area contributed by atoms with Crippen LogP contribution in [0.1, 0.15) is 56.6 Å². The summed E-state index contributed by atoms with van der Waals surface area (Å²) < 4.78 is 0. The predicted molar refractivity (Wildman–Crippen MR) is 102 cm³/mol. The predicted octanol–water partition coefficient (Wildman–Crippen LogP) is 4.66.